The summed E-state index contributed by atoms with van der Waals surface area (Å²) in [5.41, 5.74) is 1.01. The minimum absolute atomic E-state index is 0.0324. The Labute approximate surface area is 224 Å². The number of nitrogens with one attached hydrogen (secondary N) is 1. The number of carbonyl (C=O) groups excluding carboxylic acids is 1. The molecule has 2 aromatic carbocycles. The van der Waals surface area contributed by atoms with Crippen molar-refractivity contribution < 1.29 is 33.1 Å². The third-order valence-electron chi connectivity index (χ3n) is 7.60. The monoisotopic (exact) mass is 542 g/mol. The predicted molar refractivity (Wildman–Crippen MR) is 138 cm³/mol. The molecule has 1 aromatic heterocycles. The molecule has 3 aromatic rings. The van der Waals surface area contributed by atoms with Crippen molar-refractivity contribution in [2.24, 2.45) is 5.92 Å². The molecule has 0 radical (unpaired) electrons. The Hall–Kier alpha value is -3.43. The smallest absolute Gasteiger partial charge is 0.412 e. The summed E-state index contributed by atoms with van der Waals surface area (Å²) in [6, 6.07) is 11.8. The van der Waals surface area contributed by atoms with E-state index >= 15 is 4.39 Å². The molecule has 1 amide bonds. The highest BCUT2D eigenvalue weighted by Gasteiger charge is 2.62. The zero-order valence-electron chi connectivity index (χ0n) is 21.2. The Kier molecular flexibility index (Phi) is 6.69. The van der Waals surface area contributed by atoms with Crippen molar-refractivity contribution in [3.8, 4) is 11.3 Å². The number of carboxylic acid groups (broad SMARTS) is 1. The molecule has 1 saturated heterocycles. The van der Waals surface area contributed by atoms with Crippen molar-refractivity contribution in [3.05, 3.63) is 70.1 Å². The fourth-order valence-corrected chi connectivity index (χ4v) is 5.72. The molecule has 10 heteroatoms. The second kappa shape index (κ2) is 9.71. The van der Waals surface area contributed by atoms with Gasteiger partial charge in [-0.25, -0.2) is 9.18 Å². The van der Waals surface area contributed by atoms with Crippen LogP contribution in [0.5, 0.6) is 0 Å². The van der Waals surface area contributed by atoms with Crippen LogP contribution in [0.2, 0.25) is 5.02 Å². The van der Waals surface area contributed by atoms with Crippen LogP contribution in [0.3, 0.4) is 0 Å². The normalized spacial score (nSPS) is 24.8. The number of carbonyl (C=O) groups is 2. The average Bonchev–Trinajstić information content (AvgIpc) is 3.42. The molecule has 8 nitrogen and oxygen atoms in total. The van der Waals surface area contributed by atoms with Crippen LogP contribution in [0, 0.1) is 18.7 Å². The zero-order valence-corrected chi connectivity index (χ0v) is 22.0. The van der Waals surface area contributed by atoms with Crippen LogP contribution in [-0.4, -0.2) is 34.5 Å². The highest BCUT2D eigenvalue weighted by molar-refractivity contribution is 6.31. The lowest BCUT2D eigenvalue weighted by Gasteiger charge is -2.37. The highest BCUT2D eigenvalue weighted by Crippen LogP contribution is 2.59. The number of hydrogen-bond donors (Lipinski definition) is 2. The second-order valence-electron chi connectivity index (χ2n) is 10.5. The van der Waals surface area contributed by atoms with E-state index in [1.54, 1.807) is 50.2 Å². The molecule has 5 rings (SSSR count). The number of anilines is 1. The summed E-state index contributed by atoms with van der Waals surface area (Å²) in [7, 11) is 0. The van der Waals surface area contributed by atoms with Crippen LogP contribution in [0.1, 0.15) is 56.0 Å². The Morgan fingerprint density at radius 1 is 1.29 bits per heavy atom. The van der Waals surface area contributed by atoms with Gasteiger partial charge in [-0.05, 0) is 50.3 Å². The number of halogens is 2. The molecule has 1 aliphatic carbocycles. The largest absolute Gasteiger partial charge is 0.481 e. The molecule has 0 spiro atoms. The van der Waals surface area contributed by atoms with Crippen LogP contribution in [-0.2, 0) is 19.7 Å². The van der Waals surface area contributed by atoms with Crippen molar-refractivity contribution in [1.82, 2.24) is 5.16 Å². The van der Waals surface area contributed by atoms with Crippen LogP contribution in [0.25, 0.3) is 11.3 Å². The van der Waals surface area contributed by atoms with Crippen LogP contribution >= 0.6 is 11.6 Å². The van der Waals surface area contributed by atoms with E-state index in [1.807, 2.05) is 6.92 Å². The maximum atomic E-state index is 15.5. The number of hydrogen-bond acceptors (Lipinski definition) is 6. The van der Waals surface area contributed by atoms with Gasteiger partial charge in [-0.1, -0.05) is 54.0 Å². The minimum Gasteiger partial charge on any atom is -0.481 e. The van der Waals surface area contributed by atoms with E-state index in [-0.39, 0.29) is 30.4 Å². The molecule has 4 atom stereocenters. The first kappa shape index (κ1) is 26.2. The number of aryl methyl sites for hydroxylation is 1. The fraction of sp³-hybridized carbons (Fsp3) is 0.393. The van der Waals surface area contributed by atoms with Crippen molar-refractivity contribution >= 4 is 29.4 Å². The van der Waals surface area contributed by atoms with Crippen molar-refractivity contribution in [3.63, 3.8) is 0 Å². The third kappa shape index (κ3) is 4.88. The number of fused-ring (bicyclic) bond motifs is 1. The summed E-state index contributed by atoms with van der Waals surface area (Å²) >= 11 is 6.20. The maximum absolute atomic E-state index is 15.5. The van der Waals surface area contributed by atoms with Gasteiger partial charge in [-0.2, -0.15) is 0 Å². The predicted octanol–water partition coefficient (Wildman–Crippen LogP) is 6.66. The van der Waals surface area contributed by atoms with Crippen LogP contribution in [0.4, 0.5) is 14.9 Å². The number of aliphatic carboxylic acids is 1. The quantitative estimate of drug-likeness (QED) is 0.343. The fourth-order valence-electron chi connectivity index (χ4n) is 5.43. The first-order chi connectivity index (χ1) is 18.0. The van der Waals surface area contributed by atoms with Gasteiger partial charge in [0.1, 0.15) is 23.3 Å². The second-order valence-corrected chi connectivity index (χ2v) is 10.9. The molecule has 1 saturated carbocycles. The highest BCUT2D eigenvalue weighted by atomic mass is 35.5. The number of carboxylic acids is 1. The summed E-state index contributed by atoms with van der Waals surface area (Å²) in [6.07, 6.45) is -0.0618. The Morgan fingerprint density at radius 3 is 2.74 bits per heavy atom. The lowest BCUT2D eigenvalue weighted by Crippen LogP contribution is -2.40. The van der Waals surface area contributed by atoms with E-state index in [4.69, 9.17) is 25.6 Å². The molecule has 0 bridgehead atoms. The van der Waals surface area contributed by atoms with Gasteiger partial charge < -0.3 is 19.1 Å². The Bertz CT molecular complexity index is 1410. The van der Waals surface area contributed by atoms with Gasteiger partial charge >= 0.3 is 12.1 Å². The van der Waals surface area contributed by atoms with Gasteiger partial charge in [-0.3, -0.25) is 10.1 Å². The van der Waals surface area contributed by atoms with E-state index in [0.717, 1.165) is 0 Å². The molecule has 2 heterocycles. The number of aromatic nitrogens is 1. The topological polar surface area (TPSA) is 111 Å². The average molecular weight is 543 g/mol. The van der Waals surface area contributed by atoms with Gasteiger partial charge in [0.2, 0.25) is 0 Å². The van der Waals surface area contributed by atoms with Gasteiger partial charge in [0.25, 0.3) is 0 Å². The van der Waals surface area contributed by atoms with Gasteiger partial charge in [-0.15, -0.1) is 0 Å². The Balaban J connectivity index is 1.32. The standard InChI is InChI=1S/C28H28ClFN2O6/c1-15-24(31-26(35)37-16(2)19-6-4-5-7-21(19)29)25(38-32-15)17-8-9-20(22(30)10-17)27(3)11-18-12-28(18,36-14-27)13-23(33)34/h4-10,16,18H,11-14H2,1-3H3,(H,31,35)(H,33,34)/t16-,18?,27?,28?/m1/s1. The van der Waals surface area contributed by atoms with E-state index in [1.165, 1.54) is 6.07 Å². The molecule has 200 valence electrons. The van der Waals surface area contributed by atoms with Crippen molar-refractivity contribution in [2.75, 3.05) is 11.9 Å². The third-order valence-corrected chi connectivity index (χ3v) is 7.94. The zero-order chi connectivity index (χ0) is 27.2. The molecule has 2 aliphatic rings. The number of rotatable bonds is 7. The summed E-state index contributed by atoms with van der Waals surface area (Å²) in [5.74, 6) is -1.05. The molecular formula is C28H28ClFN2O6. The Morgan fingerprint density at radius 2 is 2.05 bits per heavy atom. The SMILES string of the molecule is Cc1noc(-c2ccc(C3(C)COC4(CC(=O)O)CC4C3)c(F)c2)c1NC(=O)O[C@H](C)c1ccccc1Cl. The first-order valence-electron chi connectivity index (χ1n) is 12.4. The first-order valence-corrected chi connectivity index (χ1v) is 12.7. The van der Waals surface area contributed by atoms with E-state index in [0.29, 0.717) is 40.2 Å². The van der Waals surface area contributed by atoms with Crippen LogP contribution in [0.15, 0.2) is 47.0 Å². The van der Waals surface area contributed by atoms with E-state index in [2.05, 4.69) is 10.5 Å². The summed E-state index contributed by atoms with van der Waals surface area (Å²) in [6.45, 7) is 5.52. The minimum atomic E-state index is -0.888. The van der Waals surface area contributed by atoms with E-state index < -0.39 is 35.0 Å². The lowest BCUT2D eigenvalue weighted by molar-refractivity contribution is -0.143. The van der Waals surface area contributed by atoms with Crippen LogP contribution < -0.4 is 5.32 Å². The number of ether oxygens (including phenoxy) is 2. The molecule has 38 heavy (non-hydrogen) atoms. The van der Waals surface area contributed by atoms with E-state index in [9.17, 15) is 14.7 Å². The van der Waals surface area contributed by atoms with Gasteiger partial charge in [0, 0.05) is 21.6 Å². The lowest BCUT2D eigenvalue weighted by atomic mass is 9.76. The molecule has 2 fully saturated rings. The molecular weight excluding hydrogens is 515 g/mol. The summed E-state index contributed by atoms with van der Waals surface area (Å²) in [4.78, 5) is 23.9. The molecule has 2 N–H and O–H groups in total. The van der Waals surface area contributed by atoms with Crippen molar-refractivity contribution in [2.45, 2.75) is 57.2 Å². The van der Waals surface area contributed by atoms with Crippen molar-refractivity contribution in [1.29, 1.82) is 0 Å². The maximum Gasteiger partial charge on any atom is 0.412 e. The number of benzene rings is 2. The summed E-state index contributed by atoms with van der Waals surface area (Å²) < 4.78 is 32.4. The molecule has 3 unspecified atom stereocenters. The van der Waals surface area contributed by atoms with Gasteiger partial charge in [0.05, 0.1) is 18.6 Å². The molecule has 1 aliphatic heterocycles. The summed E-state index contributed by atoms with van der Waals surface area (Å²) in [5, 5.41) is 16.3. The number of amides is 1. The number of nitrogens with zero attached hydrogens (tertiary/aromatic N) is 1. The van der Waals surface area contributed by atoms with Gasteiger partial charge in [0.15, 0.2) is 5.76 Å².